The Morgan fingerprint density at radius 1 is 1.04 bits per heavy atom. The van der Waals surface area contributed by atoms with Gasteiger partial charge in [-0.15, -0.1) is 6.58 Å². The van der Waals surface area contributed by atoms with Crippen LogP contribution in [0.25, 0.3) is 0 Å². The minimum atomic E-state index is -3.71. The fourth-order valence-corrected chi connectivity index (χ4v) is 9.67. The van der Waals surface area contributed by atoms with Gasteiger partial charge in [0.1, 0.15) is 6.04 Å². The van der Waals surface area contributed by atoms with Gasteiger partial charge in [-0.25, -0.2) is 18.2 Å². The number of aliphatic hydroxyl groups is 1. The summed E-state index contributed by atoms with van der Waals surface area (Å²) < 4.78 is 28.4. The molecule has 4 aliphatic rings. The molecular weight excluding hydrogens is 697 g/mol. The molecule has 2 aliphatic carbocycles. The first kappa shape index (κ1) is 40.4. The SMILES string of the molecule is C=CCNC(=O)C(=O)C(CC1CC1)[NH+]=C(O)[C@@H]1CC(CC)CN1C(=O)[C@@H](NC(=O)N[C@H](CN1Cc2ccccc2S1(=O)=O)C1CCCCC1)C(C)(C)C. The van der Waals surface area contributed by atoms with Gasteiger partial charge >= 0.3 is 11.9 Å². The third kappa shape index (κ3) is 9.86. The maximum absolute atomic E-state index is 14.5. The Bertz CT molecular complexity index is 1660. The van der Waals surface area contributed by atoms with Crippen LogP contribution in [0.5, 0.6) is 0 Å². The minimum Gasteiger partial charge on any atom is -0.462 e. The lowest BCUT2D eigenvalue weighted by Crippen LogP contribution is -2.85. The van der Waals surface area contributed by atoms with E-state index >= 15 is 0 Å². The molecule has 0 aromatic heterocycles. The van der Waals surface area contributed by atoms with Crippen LogP contribution in [0, 0.1) is 23.2 Å². The van der Waals surface area contributed by atoms with Gasteiger partial charge in [0.25, 0.3) is 11.7 Å². The van der Waals surface area contributed by atoms with Crippen molar-refractivity contribution in [3.63, 3.8) is 0 Å². The van der Waals surface area contributed by atoms with Gasteiger partial charge in [0.05, 0.1) is 4.90 Å². The number of fused-ring (bicyclic) bond motifs is 1. The molecule has 0 radical (unpaired) electrons. The zero-order valence-electron chi connectivity index (χ0n) is 31.7. The molecule has 2 saturated carbocycles. The molecule has 292 valence electrons. The van der Waals surface area contributed by atoms with Crippen LogP contribution in [-0.2, 0) is 31.0 Å². The predicted molar refractivity (Wildman–Crippen MR) is 201 cm³/mol. The number of hydrogen-bond acceptors (Lipinski definition) is 6. The Kier molecular flexibility index (Phi) is 13.1. The number of nitrogens with one attached hydrogen (secondary N) is 4. The first-order valence-corrected chi connectivity index (χ1v) is 20.8. The number of benzene rings is 1. The highest BCUT2D eigenvalue weighted by Gasteiger charge is 2.47. The number of aliphatic hydroxyl groups excluding tert-OH is 1. The molecule has 5 atom stereocenters. The van der Waals surface area contributed by atoms with Crippen LogP contribution in [0.3, 0.4) is 0 Å². The van der Waals surface area contributed by atoms with Gasteiger partial charge in [-0.3, -0.25) is 14.4 Å². The van der Waals surface area contributed by atoms with Gasteiger partial charge in [0.15, 0.2) is 6.04 Å². The summed E-state index contributed by atoms with van der Waals surface area (Å²) in [4.78, 5) is 59.0. The fourth-order valence-electron chi connectivity index (χ4n) is 8.01. The number of carbonyl (C=O) groups excluding carboxylic acids is 4. The molecule has 0 bridgehead atoms. The lowest BCUT2D eigenvalue weighted by atomic mass is 9.83. The van der Waals surface area contributed by atoms with Crippen molar-refractivity contribution in [3.8, 4) is 0 Å². The van der Waals surface area contributed by atoms with Gasteiger partial charge in [-0.1, -0.05) is 77.7 Å². The number of nitrogens with zero attached hydrogens (tertiary/aromatic N) is 2. The third-order valence-corrected chi connectivity index (χ3v) is 13.3. The van der Waals surface area contributed by atoms with Crippen LogP contribution in [0.4, 0.5) is 4.79 Å². The van der Waals surface area contributed by atoms with Crippen molar-refractivity contribution in [1.29, 1.82) is 0 Å². The minimum absolute atomic E-state index is 0.0676. The van der Waals surface area contributed by atoms with E-state index in [2.05, 4.69) is 27.5 Å². The van der Waals surface area contributed by atoms with Crippen LogP contribution in [-0.4, -0.2) is 96.1 Å². The summed E-state index contributed by atoms with van der Waals surface area (Å²) in [6.45, 7) is 12.0. The zero-order chi connectivity index (χ0) is 38.5. The van der Waals surface area contributed by atoms with Gasteiger partial charge in [0.2, 0.25) is 22.0 Å². The van der Waals surface area contributed by atoms with E-state index in [-0.39, 0.29) is 49.2 Å². The molecule has 1 aromatic rings. The molecule has 2 aliphatic heterocycles. The summed E-state index contributed by atoms with van der Waals surface area (Å²) in [5, 5.41) is 20.1. The maximum Gasteiger partial charge on any atom is 0.356 e. The van der Waals surface area contributed by atoms with Crippen molar-refractivity contribution < 1.29 is 37.7 Å². The van der Waals surface area contributed by atoms with Crippen molar-refractivity contribution in [2.24, 2.45) is 23.2 Å². The Hall–Kier alpha value is -3.78. The maximum atomic E-state index is 14.5. The monoisotopic (exact) mass is 755 g/mol. The highest BCUT2D eigenvalue weighted by molar-refractivity contribution is 7.89. The smallest absolute Gasteiger partial charge is 0.356 e. The largest absolute Gasteiger partial charge is 0.462 e. The summed E-state index contributed by atoms with van der Waals surface area (Å²) in [5.74, 6) is -1.64. The lowest BCUT2D eigenvalue weighted by Gasteiger charge is -2.37. The number of sulfonamides is 1. The van der Waals surface area contributed by atoms with Crippen molar-refractivity contribution in [3.05, 3.63) is 42.5 Å². The van der Waals surface area contributed by atoms with E-state index < -0.39 is 57.3 Å². The van der Waals surface area contributed by atoms with E-state index in [1.807, 2.05) is 39.8 Å². The van der Waals surface area contributed by atoms with Crippen LogP contribution >= 0.6 is 0 Å². The molecule has 2 heterocycles. The highest BCUT2D eigenvalue weighted by atomic mass is 32.2. The number of hydrogen-bond donors (Lipinski definition) is 5. The number of Topliss-reactive ketones (excluding diaryl/α,β-unsaturated/α-hetero) is 1. The quantitative estimate of drug-likeness (QED) is 0.0791. The van der Waals surface area contributed by atoms with E-state index in [0.29, 0.717) is 24.3 Å². The van der Waals surface area contributed by atoms with E-state index in [1.54, 1.807) is 17.0 Å². The zero-order valence-corrected chi connectivity index (χ0v) is 32.6. The number of ketones is 1. The number of urea groups is 1. The van der Waals surface area contributed by atoms with Crippen molar-refractivity contribution >= 4 is 39.5 Å². The Morgan fingerprint density at radius 2 is 1.74 bits per heavy atom. The number of rotatable bonds is 15. The molecule has 5 rings (SSSR count). The molecule has 1 saturated heterocycles. The van der Waals surface area contributed by atoms with E-state index in [4.69, 9.17) is 0 Å². The topological polar surface area (TPSA) is 179 Å². The van der Waals surface area contributed by atoms with Gasteiger partial charge in [-0.2, -0.15) is 4.31 Å². The average Bonchev–Trinajstić information content (AvgIpc) is 3.78. The van der Waals surface area contributed by atoms with Gasteiger partial charge < -0.3 is 26.0 Å². The number of likely N-dealkylation sites (tertiary alicyclic amines) is 1. The first-order valence-electron chi connectivity index (χ1n) is 19.3. The third-order valence-electron chi connectivity index (χ3n) is 11.4. The average molecular weight is 756 g/mol. The molecule has 5 N–H and O–H groups in total. The fraction of sp³-hybridized carbons (Fsp3) is 0.667. The van der Waals surface area contributed by atoms with E-state index in [1.165, 1.54) is 10.4 Å². The van der Waals surface area contributed by atoms with Crippen LogP contribution < -0.4 is 20.9 Å². The lowest BCUT2D eigenvalue weighted by molar-refractivity contribution is -0.499. The van der Waals surface area contributed by atoms with Crippen LogP contribution in [0.15, 0.2) is 41.8 Å². The van der Waals surface area contributed by atoms with Crippen LogP contribution in [0.1, 0.15) is 97.5 Å². The molecule has 3 fully saturated rings. The van der Waals surface area contributed by atoms with E-state index in [0.717, 1.165) is 56.9 Å². The summed E-state index contributed by atoms with van der Waals surface area (Å²) >= 11 is 0. The molecule has 13 nitrogen and oxygen atoms in total. The number of amides is 4. The van der Waals surface area contributed by atoms with E-state index in [9.17, 15) is 32.7 Å². The standard InChI is InChI=1S/C39H58N6O7S/c1-6-19-40-36(48)33(46)29(20-26-17-18-26)41-35(47)31-21-25(7-2)22-45(31)37(49)34(39(3,4)5)43-38(50)42-30(27-13-9-8-10-14-27)24-44-23-28-15-11-12-16-32(28)53(44,51)52/h6,11-12,15-16,25-27,29-31,34H,1,7-10,13-14,17-24H2,2-5H3,(H,40,48)(H,41,47)(H2,42,43,50)/p+1/t25?,29?,30-,31+,34-/m1/s1. The highest BCUT2D eigenvalue weighted by Crippen LogP contribution is 2.35. The van der Waals surface area contributed by atoms with Gasteiger partial charge in [0, 0.05) is 38.6 Å². The second-order valence-electron chi connectivity index (χ2n) is 16.5. The molecule has 4 amide bonds. The summed E-state index contributed by atoms with van der Waals surface area (Å²) in [6, 6.07) is 3.23. The van der Waals surface area contributed by atoms with Crippen molar-refractivity contribution in [1.82, 2.24) is 25.2 Å². The van der Waals surface area contributed by atoms with Gasteiger partial charge in [-0.05, 0) is 66.9 Å². The first-order chi connectivity index (χ1) is 25.1. The van der Waals surface area contributed by atoms with Crippen molar-refractivity contribution in [2.75, 3.05) is 19.6 Å². The molecule has 0 spiro atoms. The normalized spacial score (nSPS) is 23.8. The van der Waals surface area contributed by atoms with Crippen LogP contribution in [0.2, 0.25) is 0 Å². The summed E-state index contributed by atoms with van der Waals surface area (Å²) in [7, 11) is -3.71. The summed E-state index contributed by atoms with van der Waals surface area (Å²) in [5.41, 5.74) is -0.00245. The Morgan fingerprint density at radius 3 is 2.36 bits per heavy atom. The number of carbonyl (C=O) groups is 4. The summed E-state index contributed by atoms with van der Waals surface area (Å²) in [6.07, 6.45) is 9.78. The second-order valence-corrected chi connectivity index (χ2v) is 18.4. The molecule has 1 aromatic carbocycles. The van der Waals surface area contributed by atoms with Crippen molar-refractivity contribution in [2.45, 2.75) is 128 Å². The Labute approximate surface area is 314 Å². The molecular formula is C39H59N6O7S+. The predicted octanol–water partition coefficient (Wildman–Crippen LogP) is 2.56. The molecule has 14 heteroatoms. The Balaban J connectivity index is 1.34. The molecule has 53 heavy (non-hydrogen) atoms. The second kappa shape index (κ2) is 17.1. The molecule has 2 unspecified atom stereocenters.